The standard InChI is InChI=1S/C19H27N/c1-4-15-12-17-11-14(3)7-10-18(17)20-19(15)16-8-5-13(2)6-9-16/h7,10-11,13,16,20H,4-6,8-9,12H2,1-3H3. The molecule has 0 radical (unpaired) electrons. The second-order valence-electron chi connectivity index (χ2n) is 6.79. The lowest BCUT2D eigenvalue weighted by molar-refractivity contribution is 0.319. The van der Waals surface area contributed by atoms with Crippen molar-refractivity contribution in [1.29, 1.82) is 0 Å². The molecule has 2 aliphatic rings. The van der Waals surface area contributed by atoms with E-state index in [0.717, 1.165) is 18.3 Å². The van der Waals surface area contributed by atoms with E-state index < -0.39 is 0 Å². The molecule has 1 nitrogen and oxygen atoms in total. The van der Waals surface area contributed by atoms with E-state index in [9.17, 15) is 0 Å². The Labute approximate surface area is 123 Å². The highest BCUT2D eigenvalue weighted by Crippen LogP contribution is 2.39. The van der Waals surface area contributed by atoms with Gasteiger partial charge in [-0.3, -0.25) is 0 Å². The van der Waals surface area contributed by atoms with Gasteiger partial charge in [-0.1, -0.05) is 44.4 Å². The molecule has 1 saturated carbocycles. The fraction of sp³-hybridized carbons (Fsp3) is 0.579. The zero-order chi connectivity index (χ0) is 14.1. The molecule has 0 bridgehead atoms. The van der Waals surface area contributed by atoms with Crippen LogP contribution in [0.15, 0.2) is 29.5 Å². The molecule has 20 heavy (non-hydrogen) atoms. The Hall–Kier alpha value is -1.24. The molecule has 1 aliphatic heterocycles. The van der Waals surface area contributed by atoms with Crippen LogP contribution in [0.25, 0.3) is 0 Å². The average molecular weight is 269 g/mol. The van der Waals surface area contributed by atoms with Crippen LogP contribution in [0.4, 0.5) is 5.69 Å². The average Bonchev–Trinajstić information content (AvgIpc) is 2.46. The fourth-order valence-corrected chi connectivity index (χ4v) is 3.80. The van der Waals surface area contributed by atoms with Crippen LogP contribution in [0.3, 0.4) is 0 Å². The summed E-state index contributed by atoms with van der Waals surface area (Å²) in [5, 5.41) is 3.79. The van der Waals surface area contributed by atoms with Gasteiger partial charge in [-0.2, -0.15) is 0 Å². The number of rotatable bonds is 2. The van der Waals surface area contributed by atoms with Crippen molar-refractivity contribution in [2.24, 2.45) is 11.8 Å². The Bertz CT molecular complexity index is 519. The van der Waals surface area contributed by atoms with Gasteiger partial charge in [0.05, 0.1) is 0 Å². The zero-order valence-corrected chi connectivity index (χ0v) is 13.1. The smallest absolute Gasteiger partial charge is 0.0417 e. The van der Waals surface area contributed by atoms with E-state index in [4.69, 9.17) is 0 Å². The summed E-state index contributed by atoms with van der Waals surface area (Å²) >= 11 is 0. The SMILES string of the molecule is CCC1=C(C2CCC(C)CC2)Nc2ccc(C)cc2C1. The third-order valence-electron chi connectivity index (χ3n) is 5.17. The first-order valence-electron chi connectivity index (χ1n) is 8.25. The molecule has 1 aromatic rings. The quantitative estimate of drug-likeness (QED) is 0.752. The molecule has 1 N–H and O–H groups in total. The van der Waals surface area contributed by atoms with Crippen molar-refractivity contribution in [2.75, 3.05) is 5.32 Å². The number of hydrogen-bond donors (Lipinski definition) is 1. The second-order valence-corrected chi connectivity index (χ2v) is 6.79. The summed E-state index contributed by atoms with van der Waals surface area (Å²) in [7, 11) is 0. The maximum absolute atomic E-state index is 3.79. The van der Waals surface area contributed by atoms with Gasteiger partial charge < -0.3 is 5.32 Å². The van der Waals surface area contributed by atoms with Crippen LogP contribution in [0.1, 0.15) is 57.1 Å². The lowest BCUT2D eigenvalue weighted by Gasteiger charge is -2.34. The van der Waals surface area contributed by atoms with Gasteiger partial charge in [-0.25, -0.2) is 0 Å². The van der Waals surface area contributed by atoms with E-state index in [0.29, 0.717) is 0 Å². The molecular weight excluding hydrogens is 242 g/mol. The Morgan fingerprint density at radius 1 is 1.15 bits per heavy atom. The highest BCUT2D eigenvalue weighted by Gasteiger charge is 2.26. The van der Waals surface area contributed by atoms with Crippen molar-refractivity contribution in [1.82, 2.24) is 0 Å². The normalized spacial score (nSPS) is 26.1. The van der Waals surface area contributed by atoms with Crippen molar-refractivity contribution in [2.45, 2.75) is 59.3 Å². The first-order valence-corrected chi connectivity index (χ1v) is 8.25. The van der Waals surface area contributed by atoms with Crippen molar-refractivity contribution in [3.8, 4) is 0 Å². The van der Waals surface area contributed by atoms with Gasteiger partial charge in [0.25, 0.3) is 0 Å². The minimum Gasteiger partial charge on any atom is -0.358 e. The summed E-state index contributed by atoms with van der Waals surface area (Å²) in [6, 6.07) is 6.84. The summed E-state index contributed by atoms with van der Waals surface area (Å²) in [5.41, 5.74) is 7.41. The van der Waals surface area contributed by atoms with Gasteiger partial charge in [0.1, 0.15) is 0 Å². The molecule has 0 spiro atoms. The number of fused-ring (bicyclic) bond motifs is 1. The molecule has 1 heteroatoms. The van der Waals surface area contributed by atoms with Gasteiger partial charge in [0, 0.05) is 11.4 Å². The number of benzene rings is 1. The summed E-state index contributed by atoms with van der Waals surface area (Å²) in [6.07, 6.45) is 7.87. The third-order valence-corrected chi connectivity index (χ3v) is 5.17. The lowest BCUT2D eigenvalue weighted by Crippen LogP contribution is -2.23. The Morgan fingerprint density at radius 3 is 2.60 bits per heavy atom. The molecule has 1 aromatic carbocycles. The molecule has 0 aromatic heterocycles. The third kappa shape index (κ3) is 2.63. The van der Waals surface area contributed by atoms with E-state index >= 15 is 0 Å². The Kier molecular flexibility index (Phi) is 3.87. The first-order chi connectivity index (χ1) is 9.67. The highest BCUT2D eigenvalue weighted by atomic mass is 14.9. The maximum atomic E-state index is 3.79. The topological polar surface area (TPSA) is 12.0 Å². The minimum absolute atomic E-state index is 0.774. The summed E-state index contributed by atoms with van der Waals surface area (Å²) in [6.45, 7) is 6.90. The molecular formula is C19H27N. The molecule has 0 atom stereocenters. The largest absolute Gasteiger partial charge is 0.358 e. The van der Waals surface area contributed by atoms with Crippen LogP contribution in [0, 0.1) is 18.8 Å². The lowest BCUT2D eigenvalue weighted by atomic mass is 9.78. The van der Waals surface area contributed by atoms with Gasteiger partial charge in [-0.15, -0.1) is 0 Å². The monoisotopic (exact) mass is 269 g/mol. The van der Waals surface area contributed by atoms with E-state index in [1.807, 2.05) is 0 Å². The first kappa shape index (κ1) is 13.7. The molecule has 0 unspecified atom stereocenters. The summed E-state index contributed by atoms with van der Waals surface area (Å²) in [4.78, 5) is 0. The van der Waals surface area contributed by atoms with Crippen LogP contribution in [-0.2, 0) is 6.42 Å². The summed E-state index contributed by atoms with van der Waals surface area (Å²) < 4.78 is 0. The fourth-order valence-electron chi connectivity index (χ4n) is 3.80. The predicted octanol–water partition coefficient (Wildman–Crippen LogP) is 5.45. The van der Waals surface area contributed by atoms with E-state index in [-0.39, 0.29) is 0 Å². The van der Waals surface area contributed by atoms with Gasteiger partial charge in [0.2, 0.25) is 0 Å². The number of hydrogen-bond acceptors (Lipinski definition) is 1. The predicted molar refractivity (Wildman–Crippen MR) is 86.9 cm³/mol. The highest BCUT2D eigenvalue weighted by molar-refractivity contribution is 5.61. The molecule has 0 saturated heterocycles. The van der Waals surface area contributed by atoms with Crippen LogP contribution >= 0.6 is 0 Å². The maximum Gasteiger partial charge on any atom is 0.0417 e. The van der Waals surface area contributed by atoms with Crippen molar-refractivity contribution in [3.63, 3.8) is 0 Å². The van der Waals surface area contributed by atoms with Gasteiger partial charge >= 0.3 is 0 Å². The number of anilines is 1. The van der Waals surface area contributed by atoms with Crippen LogP contribution in [-0.4, -0.2) is 0 Å². The number of nitrogens with one attached hydrogen (secondary N) is 1. The zero-order valence-electron chi connectivity index (χ0n) is 13.1. The molecule has 1 heterocycles. The summed E-state index contributed by atoms with van der Waals surface area (Å²) in [5.74, 6) is 1.70. The molecule has 108 valence electrons. The molecule has 1 aliphatic carbocycles. The van der Waals surface area contributed by atoms with Gasteiger partial charge in [-0.05, 0) is 61.6 Å². The van der Waals surface area contributed by atoms with Gasteiger partial charge in [0.15, 0.2) is 0 Å². The molecule has 0 amide bonds. The van der Waals surface area contributed by atoms with Crippen LogP contribution in [0.5, 0.6) is 0 Å². The van der Waals surface area contributed by atoms with Crippen molar-refractivity contribution < 1.29 is 0 Å². The minimum atomic E-state index is 0.774. The Morgan fingerprint density at radius 2 is 1.90 bits per heavy atom. The molecule has 3 rings (SSSR count). The van der Waals surface area contributed by atoms with E-state index in [2.05, 4.69) is 44.3 Å². The van der Waals surface area contributed by atoms with Crippen molar-refractivity contribution in [3.05, 3.63) is 40.6 Å². The molecule has 1 fully saturated rings. The van der Waals surface area contributed by atoms with E-state index in [1.165, 1.54) is 48.9 Å². The van der Waals surface area contributed by atoms with Crippen molar-refractivity contribution >= 4 is 5.69 Å². The number of allylic oxidation sites excluding steroid dienone is 2. The van der Waals surface area contributed by atoms with E-state index in [1.54, 1.807) is 11.3 Å². The Balaban J connectivity index is 1.86. The van der Waals surface area contributed by atoms with Crippen LogP contribution in [0.2, 0.25) is 0 Å². The number of aryl methyl sites for hydroxylation is 1. The van der Waals surface area contributed by atoms with Crippen LogP contribution < -0.4 is 5.32 Å². The second kappa shape index (κ2) is 5.63.